The molecule has 0 saturated heterocycles. The van der Waals surface area contributed by atoms with Crippen molar-refractivity contribution in [1.82, 2.24) is 0 Å². The highest BCUT2D eigenvalue weighted by molar-refractivity contribution is 7.53. The Labute approximate surface area is 205 Å². The molecule has 0 amide bonds. The van der Waals surface area contributed by atoms with E-state index in [-0.39, 0.29) is 13.0 Å². The minimum atomic E-state index is -4.58. The molecule has 0 aliphatic carbocycles. The zero-order chi connectivity index (χ0) is 25.1. The monoisotopic (exact) mass is 488 g/mol. The van der Waals surface area contributed by atoms with E-state index >= 15 is 0 Å². The summed E-state index contributed by atoms with van der Waals surface area (Å²) in [6.07, 6.45) is 28.6. The van der Waals surface area contributed by atoms with Gasteiger partial charge in [-0.2, -0.15) is 0 Å². The van der Waals surface area contributed by atoms with Crippen molar-refractivity contribution in [3.05, 3.63) is 24.3 Å². The third kappa shape index (κ3) is 19.5. The van der Waals surface area contributed by atoms with Crippen LogP contribution in [0.3, 0.4) is 0 Å². The van der Waals surface area contributed by atoms with Crippen LogP contribution in [0, 0.1) is 0 Å². The average molecular weight is 489 g/mol. The molecule has 0 rings (SSSR count). The van der Waals surface area contributed by atoms with Gasteiger partial charge in [-0.25, -0.2) is 0 Å². The Morgan fingerprint density at radius 3 is 1.39 bits per heavy atom. The number of aliphatic hydroxyl groups is 1. The third-order valence-corrected chi connectivity index (χ3v) is 7.48. The third-order valence-electron chi connectivity index (χ3n) is 6.03. The van der Waals surface area contributed by atoms with Crippen LogP contribution >= 0.6 is 7.60 Å². The summed E-state index contributed by atoms with van der Waals surface area (Å²) < 4.78 is 12.1. The molecule has 1 atom stereocenters. The smallest absolute Gasteiger partial charge is 0.362 e. The number of hydrogen-bond acceptors (Lipinski definition) is 2. The highest BCUT2D eigenvalue weighted by atomic mass is 31.2. The topological polar surface area (TPSA) is 77.8 Å². The largest absolute Gasteiger partial charge is 0.373 e. The van der Waals surface area contributed by atoms with Crippen molar-refractivity contribution in [2.45, 2.75) is 121 Å². The molecule has 0 aliphatic rings. The van der Waals surface area contributed by atoms with Gasteiger partial charge in [0.15, 0.2) is 0 Å². The fourth-order valence-electron chi connectivity index (χ4n) is 4.14. The van der Waals surface area contributed by atoms with Gasteiger partial charge in [-0.15, -0.1) is 0 Å². The zero-order valence-electron chi connectivity index (χ0n) is 22.2. The number of quaternary nitrogens is 1. The van der Waals surface area contributed by atoms with Gasteiger partial charge in [0.2, 0.25) is 5.34 Å². The molecule has 0 heterocycles. The number of hydrogen-bond donors (Lipinski definition) is 3. The molecule has 33 heavy (non-hydrogen) atoms. The fourth-order valence-corrected chi connectivity index (χ4v) is 5.17. The van der Waals surface area contributed by atoms with Gasteiger partial charge in [0.1, 0.15) is 6.54 Å². The van der Waals surface area contributed by atoms with Crippen molar-refractivity contribution >= 4 is 7.60 Å². The van der Waals surface area contributed by atoms with Crippen LogP contribution in [0.2, 0.25) is 0 Å². The first-order valence-corrected chi connectivity index (χ1v) is 15.0. The van der Waals surface area contributed by atoms with Crippen molar-refractivity contribution in [3.8, 4) is 0 Å². The molecule has 0 aromatic carbocycles. The van der Waals surface area contributed by atoms with Crippen LogP contribution in [0.1, 0.15) is 116 Å². The maximum Gasteiger partial charge on any atom is 0.362 e. The lowest BCUT2D eigenvalue weighted by Gasteiger charge is -2.35. The quantitative estimate of drug-likeness (QED) is 0.0645. The standard InChI is InChI=1S/C27H54NO4P/c1-5-6-7-8-9-10-11-12-13-14-15-16-17-18-19-20-21-22-23-24-25-27(29,33(30,31)32)26-28(2,3)4/h12-13,22-23,29H,5-11,14-21,24-26H2,1-4H3,(H-,30,31,32)/p+1/b13-12-,23-22-. The van der Waals surface area contributed by atoms with E-state index in [1.54, 1.807) is 0 Å². The summed E-state index contributed by atoms with van der Waals surface area (Å²) in [5.74, 6) is 0. The molecule has 0 radical (unpaired) electrons. The molecule has 6 heteroatoms. The summed E-state index contributed by atoms with van der Waals surface area (Å²) in [5, 5.41) is 8.56. The average Bonchev–Trinajstić information content (AvgIpc) is 2.70. The van der Waals surface area contributed by atoms with Crippen LogP contribution in [0.4, 0.5) is 0 Å². The predicted molar refractivity (Wildman–Crippen MR) is 142 cm³/mol. The summed E-state index contributed by atoms with van der Waals surface area (Å²) in [5.41, 5.74) is 0. The summed E-state index contributed by atoms with van der Waals surface area (Å²) in [6, 6.07) is 0. The van der Waals surface area contributed by atoms with Crippen LogP contribution in [0.25, 0.3) is 0 Å². The molecule has 0 aromatic rings. The Balaban J connectivity index is 3.66. The van der Waals surface area contributed by atoms with Gasteiger partial charge >= 0.3 is 7.60 Å². The predicted octanol–water partition coefficient (Wildman–Crippen LogP) is 7.32. The highest BCUT2D eigenvalue weighted by Gasteiger charge is 2.48. The molecule has 3 N–H and O–H groups in total. The van der Waals surface area contributed by atoms with E-state index in [0.29, 0.717) is 10.9 Å². The normalized spacial score (nSPS) is 15.0. The first-order chi connectivity index (χ1) is 15.5. The summed E-state index contributed by atoms with van der Waals surface area (Å²) in [6.45, 7) is 2.29. The second-order valence-electron chi connectivity index (χ2n) is 10.7. The Hall–Kier alpha value is -0.450. The van der Waals surface area contributed by atoms with Gasteiger partial charge in [0.25, 0.3) is 0 Å². The number of likely N-dealkylation sites (N-methyl/N-ethyl adjacent to an activating group) is 1. The van der Waals surface area contributed by atoms with Gasteiger partial charge in [0, 0.05) is 0 Å². The molecule has 0 fully saturated rings. The van der Waals surface area contributed by atoms with E-state index in [0.717, 1.165) is 12.8 Å². The molecule has 0 aliphatic heterocycles. The minimum absolute atomic E-state index is 0.0278. The maximum absolute atomic E-state index is 11.8. The van der Waals surface area contributed by atoms with Crippen molar-refractivity contribution in [2.24, 2.45) is 0 Å². The molecule has 0 bridgehead atoms. The van der Waals surface area contributed by atoms with Crippen molar-refractivity contribution in [3.63, 3.8) is 0 Å². The van der Waals surface area contributed by atoms with Crippen molar-refractivity contribution in [1.29, 1.82) is 0 Å². The van der Waals surface area contributed by atoms with E-state index in [9.17, 15) is 19.5 Å². The number of rotatable bonds is 22. The molecule has 5 nitrogen and oxygen atoms in total. The number of allylic oxidation sites excluding steroid dienone is 4. The lowest BCUT2D eigenvalue weighted by atomic mass is 10.1. The molecule has 1 unspecified atom stereocenters. The van der Waals surface area contributed by atoms with Gasteiger partial charge in [-0.1, -0.05) is 89.0 Å². The Morgan fingerprint density at radius 2 is 1.03 bits per heavy atom. The molecule has 0 saturated carbocycles. The minimum Gasteiger partial charge on any atom is -0.373 e. The molecular weight excluding hydrogens is 433 g/mol. The lowest BCUT2D eigenvalue weighted by Crippen LogP contribution is -2.49. The van der Waals surface area contributed by atoms with Gasteiger partial charge < -0.3 is 19.4 Å². The number of unbranched alkanes of at least 4 members (excludes halogenated alkanes) is 13. The molecular formula is C27H55NO4P+. The van der Waals surface area contributed by atoms with Crippen molar-refractivity contribution < 1.29 is 23.9 Å². The highest BCUT2D eigenvalue weighted by Crippen LogP contribution is 2.52. The van der Waals surface area contributed by atoms with E-state index in [1.807, 2.05) is 27.2 Å². The Kier molecular flexibility index (Phi) is 18.6. The van der Waals surface area contributed by atoms with Gasteiger partial charge in [0.05, 0.1) is 21.1 Å². The fraction of sp³-hybridized carbons (Fsp3) is 0.852. The molecule has 196 valence electrons. The first kappa shape index (κ1) is 32.5. The second-order valence-corrected chi connectivity index (χ2v) is 12.6. The summed E-state index contributed by atoms with van der Waals surface area (Å²) in [4.78, 5) is 19.2. The van der Waals surface area contributed by atoms with Crippen LogP contribution in [0.5, 0.6) is 0 Å². The Morgan fingerprint density at radius 1 is 0.667 bits per heavy atom. The van der Waals surface area contributed by atoms with E-state index in [4.69, 9.17) is 0 Å². The van der Waals surface area contributed by atoms with Crippen LogP contribution in [-0.2, 0) is 4.57 Å². The lowest BCUT2D eigenvalue weighted by molar-refractivity contribution is -0.875. The molecule has 0 spiro atoms. The summed E-state index contributed by atoms with van der Waals surface area (Å²) >= 11 is 0. The summed E-state index contributed by atoms with van der Waals surface area (Å²) in [7, 11) is 0.894. The van der Waals surface area contributed by atoms with Crippen LogP contribution in [0.15, 0.2) is 24.3 Å². The zero-order valence-corrected chi connectivity index (χ0v) is 23.1. The number of nitrogens with zero attached hydrogens (tertiary/aromatic N) is 1. The van der Waals surface area contributed by atoms with Crippen LogP contribution in [-0.4, -0.2) is 52.4 Å². The SMILES string of the molecule is CCCCCCCC/C=C\CCCCCCCC/C=C\CCC(O)(C[N+](C)(C)C)P(=O)(O)O. The Bertz CT molecular complexity index is 565. The van der Waals surface area contributed by atoms with Crippen molar-refractivity contribution in [2.75, 3.05) is 27.7 Å². The van der Waals surface area contributed by atoms with E-state index < -0.39 is 12.9 Å². The van der Waals surface area contributed by atoms with Crippen LogP contribution < -0.4 is 0 Å². The first-order valence-electron chi connectivity index (χ1n) is 13.4. The van der Waals surface area contributed by atoms with E-state index in [2.05, 4.69) is 25.2 Å². The molecule has 0 aromatic heterocycles. The second kappa shape index (κ2) is 18.8. The van der Waals surface area contributed by atoms with Gasteiger partial charge in [-0.05, 0) is 51.4 Å². The van der Waals surface area contributed by atoms with E-state index in [1.165, 1.54) is 83.5 Å². The maximum atomic E-state index is 11.8. The van der Waals surface area contributed by atoms with Gasteiger partial charge in [-0.3, -0.25) is 4.57 Å².